The largest absolute Gasteiger partial charge is 2.00 e. The van der Waals surface area contributed by atoms with Crippen molar-refractivity contribution in [2.45, 2.75) is 0 Å². The Hall–Kier alpha value is 1.04. The summed E-state index contributed by atoms with van der Waals surface area (Å²) in [6.45, 7) is 0. The molecule has 0 fully saturated rings. The molecule has 17 heavy (non-hydrogen) atoms. The molecule has 0 aliphatic carbocycles. The molecule has 0 saturated heterocycles. The smallest absolute Gasteiger partial charge is 0.759 e. The molecule has 0 heterocycles. The first-order valence-corrected chi connectivity index (χ1v) is 6.00. The van der Waals surface area contributed by atoms with Crippen molar-refractivity contribution in [3.63, 3.8) is 0 Å². The Labute approximate surface area is 126 Å². The second-order valence-electron chi connectivity index (χ2n) is 1.22. The van der Waals surface area contributed by atoms with Gasteiger partial charge in [-0.05, 0) is 0 Å². The summed E-state index contributed by atoms with van der Waals surface area (Å²) in [5.74, 6) is 0. The second kappa shape index (κ2) is 12.1. The van der Waals surface area contributed by atoms with Crippen LogP contribution in [0, 0.1) is 0 Å². The minimum Gasteiger partial charge on any atom is -0.759 e. The summed E-state index contributed by atoms with van der Waals surface area (Å²) in [5.41, 5.74) is 0. The standard InChI is InChI=1S/3H2O4S.2Ti/c3*1-5(2,3)4;;/h3*(H2,1,2,3,4);;/q;;;2*+2/p-6. The third-order valence-electron chi connectivity index (χ3n) is 0. The van der Waals surface area contributed by atoms with Gasteiger partial charge in [0.2, 0.25) is 0 Å². The molecule has 0 aromatic heterocycles. The molecule has 100 valence electrons. The Kier molecular flexibility index (Phi) is 21.9. The second-order valence-corrected chi connectivity index (χ2v) is 3.67. The molecule has 0 radical (unpaired) electrons. The van der Waals surface area contributed by atoms with Gasteiger partial charge in [-0.2, -0.15) is 0 Å². The van der Waals surface area contributed by atoms with Crippen molar-refractivity contribution in [2.75, 3.05) is 0 Å². The van der Waals surface area contributed by atoms with E-state index < -0.39 is 31.2 Å². The molecule has 0 N–H and O–H groups in total. The van der Waals surface area contributed by atoms with E-state index in [1.165, 1.54) is 0 Å². The zero-order chi connectivity index (χ0) is 13.5. The monoisotopic (exact) mass is 384 g/mol. The summed E-state index contributed by atoms with van der Waals surface area (Å²) in [6.07, 6.45) is 0. The van der Waals surface area contributed by atoms with Gasteiger partial charge >= 0.3 is 43.4 Å². The molecule has 0 aromatic carbocycles. The Balaban J connectivity index is -0.0000000400. The van der Waals surface area contributed by atoms with E-state index in [0.29, 0.717) is 0 Å². The normalized spacial score (nSPS) is 10.2. The van der Waals surface area contributed by atoms with E-state index in [-0.39, 0.29) is 43.4 Å². The van der Waals surface area contributed by atoms with Crippen LogP contribution in [0.2, 0.25) is 0 Å². The van der Waals surface area contributed by atoms with Gasteiger partial charge in [0, 0.05) is 31.2 Å². The van der Waals surface area contributed by atoms with Gasteiger partial charge in [0.05, 0.1) is 0 Å². The molecule has 0 aliphatic rings. The molecule has 0 rings (SSSR count). The van der Waals surface area contributed by atoms with E-state index in [0.717, 1.165) is 0 Å². The van der Waals surface area contributed by atoms with Gasteiger partial charge in [0.1, 0.15) is 0 Å². The topological polar surface area (TPSA) is 241 Å². The average Bonchev–Trinajstić information content (AvgIpc) is 1.41. The number of rotatable bonds is 0. The van der Waals surface area contributed by atoms with Crippen LogP contribution in [0.25, 0.3) is 0 Å². The van der Waals surface area contributed by atoms with E-state index in [9.17, 15) is 0 Å². The van der Waals surface area contributed by atoms with Crippen LogP contribution in [0.3, 0.4) is 0 Å². The Morgan fingerprint density at radius 2 is 0.412 bits per heavy atom. The molecule has 0 spiro atoms. The quantitative estimate of drug-likeness (QED) is 0.220. The predicted molar refractivity (Wildman–Crippen MR) is 31.4 cm³/mol. The fourth-order valence-electron chi connectivity index (χ4n) is 0. The van der Waals surface area contributed by atoms with Crippen LogP contribution >= 0.6 is 0 Å². The van der Waals surface area contributed by atoms with Crippen molar-refractivity contribution in [1.29, 1.82) is 0 Å². The fraction of sp³-hybridized carbons (Fsp3) is 0. The first-order valence-electron chi connectivity index (χ1n) is 2.00. The third kappa shape index (κ3) is 3570. The van der Waals surface area contributed by atoms with Crippen LogP contribution in [-0.2, 0) is 74.6 Å². The maximum atomic E-state index is 8.52. The van der Waals surface area contributed by atoms with Gasteiger partial charge < -0.3 is 27.3 Å². The zero-order valence-corrected chi connectivity index (χ0v) is 12.7. The van der Waals surface area contributed by atoms with Crippen LogP contribution in [0.5, 0.6) is 0 Å². The van der Waals surface area contributed by atoms with E-state index in [2.05, 4.69) is 0 Å². The van der Waals surface area contributed by atoms with Crippen molar-refractivity contribution >= 4 is 31.2 Å². The molecular weight excluding hydrogens is 384 g/mol. The van der Waals surface area contributed by atoms with Crippen molar-refractivity contribution in [3.05, 3.63) is 0 Å². The van der Waals surface area contributed by atoms with E-state index in [1.54, 1.807) is 0 Å². The maximum absolute atomic E-state index is 8.52. The molecule has 17 heteroatoms. The van der Waals surface area contributed by atoms with Gasteiger partial charge in [0.25, 0.3) is 0 Å². The molecule has 0 atom stereocenters. The molecule has 0 amide bonds. The predicted octanol–water partition coefficient (Wildman–Crippen LogP) is -4.02. The van der Waals surface area contributed by atoms with E-state index >= 15 is 0 Å². The molecule has 0 aromatic rings. The van der Waals surface area contributed by atoms with Crippen molar-refractivity contribution in [1.82, 2.24) is 0 Å². The molecular formula is O12S3Ti2-2. The van der Waals surface area contributed by atoms with Crippen LogP contribution in [0.1, 0.15) is 0 Å². The minimum absolute atomic E-state index is 0. The van der Waals surface area contributed by atoms with Crippen LogP contribution in [0.15, 0.2) is 0 Å². The first-order chi connectivity index (χ1) is 6.00. The van der Waals surface area contributed by atoms with Gasteiger partial charge in [0.15, 0.2) is 0 Å². The summed E-state index contributed by atoms with van der Waals surface area (Å²) in [4.78, 5) is 0. The van der Waals surface area contributed by atoms with Crippen molar-refractivity contribution in [3.8, 4) is 0 Å². The fourth-order valence-corrected chi connectivity index (χ4v) is 0. The number of hydrogen-bond donors (Lipinski definition) is 0. The van der Waals surface area contributed by atoms with E-state index in [1.807, 2.05) is 0 Å². The zero-order valence-electron chi connectivity index (χ0n) is 7.12. The van der Waals surface area contributed by atoms with Crippen molar-refractivity contribution < 1.29 is 96.0 Å². The van der Waals surface area contributed by atoms with Gasteiger partial charge in [-0.1, -0.05) is 0 Å². The van der Waals surface area contributed by atoms with Crippen LogP contribution < -0.4 is 0 Å². The van der Waals surface area contributed by atoms with Gasteiger partial charge in [-0.15, -0.1) is 0 Å². The number of hydrogen-bond acceptors (Lipinski definition) is 12. The van der Waals surface area contributed by atoms with Gasteiger partial charge in [-0.3, -0.25) is 25.3 Å². The third-order valence-corrected chi connectivity index (χ3v) is 0. The summed E-state index contributed by atoms with van der Waals surface area (Å²) in [6, 6.07) is 0. The molecule has 0 bridgehead atoms. The maximum Gasteiger partial charge on any atom is 2.00 e. The van der Waals surface area contributed by atoms with Crippen molar-refractivity contribution in [2.24, 2.45) is 0 Å². The van der Waals surface area contributed by atoms with Crippen LogP contribution in [-0.4, -0.2) is 52.6 Å². The molecule has 0 aliphatic heterocycles. The summed E-state index contributed by atoms with van der Waals surface area (Å²) < 4.78 is 102. The Morgan fingerprint density at radius 3 is 0.412 bits per heavy atom. The Morgan fingerprint density at radius 1 is 0.412 bits per heavy atom. The average molecular weight is 384 g/mol. The van der Waals surface area contributed by atoms with Gasteiger partial charge in [-0.25, -0.2) is 0 Å². The van der Waals surface area contributed by atoms with E-state index in [4.69, 9.17) is 52.6 Å². The summed E-state index contributed by atoms with van der Waals surface area (Å²) in [5, 5.41) is 0. The SMILES string of the molecule is O=S(=O)([O-])[O-].O=S(=O)([O-])[O-].O=S(=O)([O-])[O-].[Ti+2].[Ti+2]. The molecule has 0 saturated carbocycles. The summed E-state index contributed by atoms with van der Waals surface area (Å²) in [7, 11) is -15.5. The summed E-state index contributed by atoms with van der Waals surface area (Å²) >= 11 is 0. The van der Waals surface area contributed by atoms with Crippen LogP contribution in [0.4, 0.5) is 0 Å². The first kappa shape index (κ1) is 30.8. The Bertz CT molecular complexity index is 341. The minimum atomic E-state index is -5.17. The molecule has 12 nitrogen and oxygen atoms in total. The molecule has 0 unspecified atom stereocenters.